The Hall–Kier alpha value is -1.49. The molecule has 0 unspecified atom stereocenters. The van der Waals surface area contributed by atoms with Gasteiger partial charge in [0, 0.05) is 24.2 Å². The maximum absolute atomic E-state index is 4.52. The third-order valence-electron chi connectivity index (χ3n) is 2.26. The van der Waals surface area contributed by atoms with E-state index in [0.29, 0.717) is 11.7 Å². The van der Waals surface area contributed by atoms with E-state index in [-0.39, 0.29) is 0 Å². The summed E-state index contributed by atoms with van der Waals surface area (Å²) in [4.78, 5) is 13.1. The summed E-state index contributed by atoms with van der Waals surface area (Å²) in [5.74, 6) is 1.91. The van der Waals surface area contributed by atoms with Crippen molar-refractivity contribution >= 4 is 17.2 Å². The average molecular weight is 234 g/mol. The lowest BCUT2D eigenvalue weighted by atomic mass is 10.1. The summed E-state index contributed by atoms with van der Waals surface area (Å²) in [6, 6.07) is 1.97. The Bertz CT molecular complexity index is 465. The Balaban J connectivity index is 2.49. The van der Waals surface area contributed by atoms with Crippen molar-refractivity contribution in [3.63, 3.8) is 0 Å². The van der Waals surface area contributed by atoms with Crippen LogP contribution in [-0.4, -0.2) is 22.0 Å². The first kappa shape index (κ1) is 11.0. The third-order valence-corrected chi connectivity index (χ3v) is 2.84. The van der Waals surface area contributed by atoms with Crippen molar-refractivity contribution in [2.75, 3.05) is 12.4 Å². The zero-order valence-electron chi connectivity index (χ0n) is 9.56. The average Bonchev–Trinajstić information content (AvgIpc) is 2.81. The lowest BCUT2D eigenvalue weighted by molar-refractivity contribution is 0.817. The van der Waals surface area contributed by atoms with E-state index in [4.69, 9.17) is 0 Å². The van der Waals surface area contributed by atoms with Crippen LogP contribution in [0.15, 0.2) is 17.0 Å². The highest BCUT2D eigenvalue weighted by atomic mass is 32.1. The maximum Gasteiger partial charge on any atom is 0.181 e. The van der Waals surface area contributed by atoms with Gasteiger partial charge in [-0.05, 0) is 5.92 Å². The standard InChI is InChI=1S/C11H14N4S/c1-7(2)8-4-10(12-3)15-11(14-8)9-5-16-6-13-9/h4-7H,1-3H3,(H,12,14,15). The predicted molar refractivity (Wildman–Crippen MR) is 66.8 cm³/mol. The Kier molecular flexibility index (Phi) is 3.14. The van der Waals surface area contributed by atoms with Crippen LogP contribution in [0.5, 0.6) is 0 Å². The number of aromatic nitrogens is 3. The minimum absolute atomic E-state index is 0.382. The van der Waals surface area contributed by atoms with Crippen LogP contribution in [0.4, 0.5) is 5.82 Å². The van der Waals surface area contributed by atoms with Crippen molar-refractivity contribution in [1.29, 1.82) is 0 Å². The van der Waals surface area contributed by atoms with Crippen LogP contribution in [0, 0.1) is 0 Å². The van der Waals surface area contributed by atoms with Gasteiger partial charge in [-0.3, -0.25) is 0 Å². The van der Waals surface area contributed by atoms with Gasteiger partial charge in [0.2, 0.25) is 0 Å². The lowest BCUT2D eigenvalue weighted by Crippen LogP contribution is -2.02. The molecule has 0 aliphatic carbocycles. The van der Waals surface area contributed by atoms with Gasteiger partial charge in [-0.1, -0.05) is 13.8 Å². The largest absolute Gasteiger partial charge is 0.373 e. The normalized spacial score (nSPS) is 10.8. The van der Waals surface area contributed by atoms with Gasteiger partial charge in [0.05, 0.1) is 5.51 Å². The number of nitrogens with one attached hydrogen (secondary N) is 1. The van der Waals surface area contributed by atoms with Gasteiger partial charge in [0.15, 0.2) is 5.82 Å². The van der Waals surface area contributed by atoms with E-state index < -0.39 is 0 Å². The molecule has 5 heteroatoms. The summed E-state index contributed by atoms with van der Waals surface area (Å²) in [7, 11) is 1.86. The quantitative estimate of drug-likeness (QED) is 0.887. The molecular weight excluding hydrogens is 220 g/mol. The number of anilines is 1. The molecule has 0 bridgehead atoms. The van der Waals surface area contributed by atoms with Gasteiger partial charge in [-0.25, -0.2) is 15.0 Å². The second kappa shape index (κ2) is 4.57. The Labute approximate surface area is 98.8 Å². The minimum Gasteiger partial charge on any atom is -0.373 e. The van der Waals surface area contributed by atoms with Gasteiger partial charge >= 0.3 is 0 Å². The van der Waals surface area contributed by atoms with Gasteiger partial charge in [0.1, 0.15) is 11.5 Å². The van der Waals surface area contributed by atoms with Crippen molar-refractivity contribution in [2.24, 2.45) is 0 Å². The Morgan fingerprint density at radius 2 is 2.12 bits per heavy atom. The number of thiazole rings is 1. The second-order valence-electron chi connectivity index (χ2n) is 3.78. The summed E-state index contributed by atoms with van der Waals surface area (Å²) in [5.41, 5.74) is 3.66. The molecule has 0 amide bonds. The number of nitrogens with zero attached hydrogens (tertiary/aromatic N) is 3. The molecule has 0 aliphatic heterocycles. The molecule has 0 spiro atoms. The molecule has 0 fully saturated rings. The van der Waals surface area contributed by atoms with E-state index in [9.17, 15) is 0 Å². The Morgan fingerprint density at radius 1 is 1.31 bits per heavy atom. The number of hydrogen-bond acceptors (Lipinski definition) is 5. The van der Waals surface area contributed by atoms with Crippen LogP contribution in [0.25, 0.3) is 11.5 Å². The van der Waals surface area contributed by atoms with Crippen molar-refractivity contribution in [1.82, 2.24) is 15.0 Å². The SMILES string of the molecule is CNc1cc(C(C)C)nc(-c2cscn2)n1. The number of rotatable bonds is 3. The fourth-order valence-electron chi connectivity index (χ4n) is 1.33. The van der Waals surface area contributed by atoms with Crippen molar-refractivity contribution in [2.45, 2.75) is 19.8 Å². The van der Waals surface area contributed by atoms with E-state index >= 15 is 0 Å². The maximum atomic E-state index is 4.52. The molecule has 0 aliphatic rings. The highest BCUT2D eigenvalue weighted by Crippen LogP contribution is 2.21. The summed E-state index contributed by atoms with van der Waals surface area (Å²) >= 11 is 1.55. The lowest BCUT2D eigenvalue weighted by Gasteiger charge is -2.08. The number of hydrogen-bond donors (Lipinski definition) is 1. The zero-order chi connectivity index (χ0) is 11.5. The molecular formula is C11H14N4S. The molecule has 0 saturated carbocycles. The molecule has 2 aromatic rings. The van der Waals surface area contributed by atoms with Crippen LogP contribution >= 0.6 is 11.3 Å². The van der Waals surface area contributed by atoms with Gasteiger partial charge in [-0.15, -0.1) is 11.3 Å². The first-order valence-corrected chi connectivity index (χ1v) is 6.10. The van der Waals surface area contributed by atoms with E-state index in [1.807, 2.05) is 18.5 Å². The van der Waals surface area contributed by atoms with Crippen LogP contribution < -0.4 is 5.32 Å². The summed E-state index contributed by atoms with van der Waals surface area (Å²) < 4.78 is 0. The van der Waals surface area contributed by atoms with Crippen LogP contribution in [0.3, 0.4) is 0 Å². The third kappa shape index (κ3) is 2.19. The van der Waals surface area contributed by atoms with Gasteiger partial charge in [-0.2, -0.15) is 0 Å². The molecule has 1 N–H and O–H groups in total. The van der Waals surface area contributed by atoms with E-state index in [2.05, 4.69) is 34.1 Å². The molecule has 0 radical (unpaired) electrons. The minimum atomic E-state index is 0.382. The smallest absolute Gasteiger partial charge is 0.181 e. The molecule has 0 saturated heterocycles. The van der Waals surface area contributed by atoms with Crippen molar-refractivity contribution in [3.05, 3.63) is 22.7 Å². The van der Waals surface area contributed by atoms with E-state index in [1.165, 1.54) is 0 Å². The highest BCUT2D eigenvalue weighted by molar-refractivity contribution is 7.07. The monoisotopic (exact) mass is 234 g/mol. The Morgan fingerprint density at radius 3 is 2.69 bits per heavy atom. The second-order valence-corrected chi connectivity index (χ2v) is 4.50. The van der Waals surface area contributed by atoms with Gasteiger partial charge in [0.25, 0.3) is 0 Å². The fourth-order valence-corrected chi connectivity index (χ4v) is 1.86. The zero-order valence-corrected chi connectivity index (χ0v) is 10.4. The van der Waals surface area contributed by atoms with Crippen molar-refractivity contribution in [3.8, 4) is 11.5 Å². The first-order valence-electron chi connectivity index (χ1n) is 5.16. The molecule has 0 aromatic carbocycles. The molecule has 84 valence electrons. The summed E-state index contributed by atoms with van der Waals surface area (Å²) in [6.07, 6.45) is 0. The summed E-state index contributed by atoms with van der Waals surface area (Å²) in [5, 5.41) is 5.01. The van der Waals surface area contributed by atoms with E-state index in [1.54, 1.807) is 16.8 Å². The molecule has 2 rings (SSSR count). The summed E-state index contributed by atoms with van der Waals surface area (Å²) in [6.45, 7) is 4.24. The highest BCUT2D eigenvalue weighted by Gasteiger charge is 2.09. The van der Waals surface area contributed by atoms with Gasteiger partial charge < -0.3 is 5.32 Å². The molecule has 2 aromatic heterocycles. The topological polar surface area (TPSA) is 50.7 Å². The van der Waals surface area contributed by atoms with Crippen molar-refractivity contribution < 1.29 is 0 Å². The predicted octanol–water partition coefficient (Wildman–Crippen LogP) is 2.77. The molecule has 4 nitrogen and oxygen atoms in total. The van der Waals surface area contributed by atoms with Crippen LogP contribution in [-0.2, 0) is 0 Å². The van der Waals surface area contributed by atoms with Crippen LogP contribution in [0.2, 0.25) is 0 Å². The van der Waals surface area contributed by atoms with Crippen LogP contribution in [0.1, 0.15) is 25.5 Å². The molecule has 16 heavy (non-hydrogen) atoms. The molecule has 2 heterocycles. The first-order chi connectivity index (χ1) is 7.70. The van der Waals surface area contributed by atoms with E-state index in [0.717, 1.165) is 17.2 Å². The fraction of sp³-hybridized carbons (Fsp3) is 0.364. The molecule has 0 atom stereocenters.